The average molecular weight is 230 g/mol. The van der Waals surface area contributed by atoms with E-state index in [0.29, 0.717) is 0 Å². The minimum absolute atomic E-state index is 0.428. The Kier molecular flexibility index (Phi) is 4.83. The van der Waals surface area contributed by atoms with Gasteiger partial charge in [0, 0.05) is 33.3 Å². The largest absolute Gasteiger partial charge is 0.335 e. The van der Waals surface area contributed by atoms with Crippen molar-refractivity contribution < 1.29 is 4.52 Å². The maximum absolute atomic E-state index is 5.75. The summed E-state index contributed by atoms with van der Waals surface area (Å²) in [6, 6.07) is 0. The SMILES string of the molecule is COP(N1CCCCC1)N1CCCCC1. The van der Waals surface area contributed by atoms with E-state index in [2.05, 4.69) is 9.34 Å². The quantitative estimate of drug-likeness (QED) is 0.693. The Balaban J connectivity index is 1.88. The third-order valence-corrected chi connectivity index (χ3v) is 5.41. The summed E-state index contributed by atoms with van der Waals surface area (Å²) in [5, 5.41) is 0. The van der Waals surface area contributed by atoms with Crippen molar-refractivity contribution in [2.45, 2.75) is 38.5 Å². The predicted octanol–water partition coefficient (Wildman–Crippen LogP) is 2.83. The lowest BCUT2D eigenvalue weighted by molar-refractivity contribution is 0.252. The van der Waals surface area contributed by atoms with E-state index in [1.165, 1.54) is 64.7 Å². The predicted molar refractivity (Wildman–Crippen MR) is 64.8 cm³/mol. The zero-order chi connectivity index (χ0) is 10.5. The fraction of sp³-hybridized carbons (Fsp3) is 1.00. The summed E-state index contributed by atoms with van der Waals surface area (Å²) in [6.07, 6.45) is 8.24. The highest BCUT2D eigenvalue weighted by Crippen LogP contribution is 2.47. The summed E-state index contributed by atoms with van der Waals surface area (Å²) in [7, 11) is 1.46. The van der Waals surface area contributed by atoms with E-state index in [1.807, 2.05) is 7.11 Å². The van der Waals surface area contributed by atoms with Crippen LogP contribution < -0.4 is 0 Å². The highest BCUT2D eigenvalue weighted by atomic mass is 31.2. The van der Waals surface area contributed by atoms with Gasteiger partial charge in [0.15, 0.2) is 8.45 Å². The topological polar surface area (TPSA) is 15.7 Å². The van der Waals surface area contributed by atoms with Crippen molar-refractivity contribution in [3.8, 4) is 0 Å². The molecule has 0 saturated carbocycles. The number of nitrogens with zero attached hydrogens (tertiary/aromatic N) is 2. The van der Waals surface area contributed by atoms with Crippen LogP contribution in [0.15, 0.2) is 0 Å². The molecule has 2 saturated heterocycles. The molecule has 0 unspecified atom stereocenters. The Morgan fingerprint density at radius 1 is 0.733 bits per heavy atom. The normalized spacial score (nSPS) is 26.0. The number of rotatable bonds is 3. The smallest absolute Gasteiger partial charge is 0.187 e. The molecule has 2 fully saturated rings. The molecule has 0 aromatic rings. The summed E-state index contributed by atoms with van der Waals surface area (Å²) < 4.78 is 10.9. The van der Waals surface area contributed by atoms with Gasteiger partial charge >= 0.3 is 0 Å². The molecular weight excluding hydrogens is 207 g/mol. The molecule has 0 N–H and O–H groups in total. The van der Waals surface area contributed by atoms with Gasteiger partial charge in [-0.3, -0.25) is 0 Å². The molecule has 2 rings (SSSR count). The van der Waals surface area contributed by atoms with Crippen molar-refractivity contribution in [1.29, 1.82) is 0 Å². The van der Waals surface area contributed by atoms with Gasteiger partial charge in [-0.2, -0.15) is 0 Å². The maximum atomic E-state index is 5.75. The fourth-order valence-corrected chi connectivity index (χ4v) is 4.58. The molecule has 2 aliphatic heterocycles. The Hall–Kier alpha value is 0.310. The van der Waals surface area contributed by atoms with Crippen LogP contribution in [0, 0.1) is 0 Å². The Morgan fingerprint density at radius 3 is 1.47 bits per heavy atom. The molecule has 3 nitrogen and oxygen atoms in total. The number of hydrogen-bond donors (Lipinski definition) is 0. The lowest BCUT2D eigenvalue weighted by Gasteiger charge is -2.40. The van der Waals surface area contributed by atoms with Gasteiger partial charge in [0.25, 0.3) is 0 Å². The highest BCUT2D eigenvalue weighted by molar-refractivity contribution is 7.47. The molecular formula is C11H23N2OP. The second-order valence-corrected chi connectivity index (χ2v) is 6.47. The third kappa shape index (κ3) is 3.13. The van der Waals surface area contributed by atoms with Gasteiger partial charge in [0.2, 0.25) is 0 Å². The third-order valence-electron chi connectivity index (χ3n) is 3.31. The van der Waals surface area contributed by atoms with Crippen LogP contribution in [0.25, 0.3) is 0 Å². The van der Waals surface area contributed by atoms with Crippen molar-refractivity contribution in [3.63, 3.8) is 0 Å². The lowest BCUT2D eigenvalue weighted by Crippen LogP contribution is -2.35. The van der Waals surface area contributed by atoms with Crippen LogP contribution in [0.2, 0.25) is 0 Å². The molecule has 2 heterocycles. The molecule has 88 valence electrons. The Bertz CT molecular complexity index is 161. The van der Waals surface area contributed by atoms with E-state index < -0.39 is 8.45 Å². The van der Waals surface area contributed by atoms with E-state index in [4.69, 9.17) is 4.52 Å². The van der Waals surface area contributed by atoms with Crippen LogP contribution in [-0.4, -0.2) is 42.6 Å². The maximum Gasteiger partial charge on any atom is 0.187 e. The Morgan fingerprint density at radius 2 is 1.13 bits per heavy atom. The van der Waals surface area contributed by atoms with Crippen molar-refractivity contribution >= 4 is 8.45 Å². The number of hydrogen-bond acceptors (Lipinski definition) is 3. The van der Waals surface area contributed by atoms with Crippen LogP contribution in [-0.2, 0) is 4.52 Å². The first kappa shape index (κ1) is 11.8. The van der Waals surface area contributed by atoms with Crippen molar-refractivity contribution in [2.24, 2.45) is 0 Å². The summed E-state index contributed by atoms with van der Waals surface area (Å²) in [5.74, 6) is 0. The van der Waals surface area contributed by atoms with Gasteiger partial charge in [-0.05, 0) is 25.7 Å². The van der Waals surface area contributed by atoms with E-state index >= 15 is 0 Å². The zero-order valence-electron chi connectivity index (χ0n) is 9.82. The molecule has 15 heavy (non-hydrogen) atoms. The first-order chi connectivity index (χ1) is 7.42. The fourth-order valence-electron chi connectivity index (χ4n) is 2.51. The van der Waals surface area contributed by atoms with Crippen molar-refractivity contribution in [2.75, 3.05) is 33.3 Å². The van der Waals surface area contributed by atoms with Crippen LogP contribution in [0.5, 0.6) is 0 Å². The van der Waals surface area contributed by atoms with Crippen LogP contribution in [0.1, 0.15) is 38.5 Å². The van der Waals surface area contributed by atoms with E-state index in [0.717, 1.165) is 0 Å². The number of piperidine rings is 2. The highest BCUT2D eigenvalue weighted by Gasteiger charge is 2.28. The monoisotopic (exact) mass is 230 g/mol. The summed E-state index contributed by atoms with van der Waals surface area (Å²) in [4.78, 5) is 0. The molecule has 0 amide bonds. The molecule has 0 bridgehead atoms. The van der Waals surface area contributed by atoms with Gasteiger partial charge in [0.05, 0.1) is 0 Å². The summed E-state index contributed by atoms with van der Waals surface area (Å²) in [6.45, 7) is 4.98. The van der Waals surface area contributed by atoms with Crippen molar-refractivity contribution in [1.82, 2.24) is 9.34 Å². The zero-order valence-corrected chi connectivity index (χ0v) is 10.7. The molecule has 0 aromatic carbocycles. The van der Waals surface area contributed by atoms with Gasteiger partial charge in [-0.15, -0.1) is 0 Å². The van der Waals surface area contributed by atoms with E-state index in [-0.39, 0.29) is 0 Å². The van der Waals surface area contributed by atoms with Gasteiger partial charge < -0.3 is 4.52 Å². The summed E-state index contributed by atoms with van der Waals surface area (Å²) >= 11 is 0. The van der Waals surface area contributed by atoms with Crippen LogP contribution in [0.3, 0.4) is 0 Å². The molecule has 0 atom stereocenters. The van der Waals surface area contributed by atoms with E-state index in [9.17, 15) is 0 Å². The molecule has 0 aliphatic carbocycles. The Labute approximate surface area is 94.7 Å². The first-order valence-corrected chi connectivity index (χ1v) is 7.42. The second-order valence-electron chi connectivity index (χ2n) is 4.46. The molecule has 0 spiro atoms. The minimum Gasteiger partial charge on any atom is -0.335 e. The molecule has 4 heteroatoms. The molecule has 2 aliphatic rings. The van der Waals surface area contributed by atoms with Gasteiger partial charge in [-0.1, -0.05) is 12.8 Å². The first-order valence-electron chi connectivity index (χ1n) is 6.26. The van der Waals surface area contributed by atoms with Crippen LogP contribution >= 0.6 is 8.45 Å². The van der Waals surface area contributed by atoms with Crippen molar-refractivity contribution in [3.05, 3.63) is 0 Å². The van der Waals surface area contributed by atoms with Crippen LogP contribution in [0.4, 0.5) is 0 Å². The lowest BCUT2D eigenvalue weighted by atomic mass is 10.2. The molecule has 0 aromatic heterocycles. The van der Waals surface area contributed by atoms with Gasteiger partial charge in [0.1, 0.15) is 0 Å². The average Bonchev–Trinajstić information content (AvgIpc) is 2.33. The minimum atomic E-state index is -0.428. The standard InChI is InChI=1S/C11H23N2OP/c1-14-15(12-8-4-2-5-9-12)13-10-6-3-7-11-13/h2-11H2,1H3. The summed E-state index contributed by atoms with van der Waals surface area (Å²) in [5.41, 5.74) is 0. The molecule has 0 radical (unpaired) electrons. The van der Waals surface area contributed by atoms with Gasteiger partial charge in [-0.25, -0.2) is 9.34 Å². The second kappa shape index (κ2) is 6.15. The van der Waals surface area contributed by atoms with E-state index in [1.54, 1.807) is 0 Å².